The summed E-state index contributed by atoms with van der Waals surface area (Å²) in [4.78, 5) is 4.81. The summed E-state index contributed by atoms with van der Waals surface area (Å²) in [5.74, 6) is 6.02. The largest absolute Gasteiger partial charge is 0.395 e. The molecule has 0 unspecified atom stereocenters. The Morgan fingerprint density at radius 3 is 2.31 bits per heavy atom. The highest BCUT2D eigenvalue weighted by atomic mass is 16.2. The minimum Gasteiger partial charge on any atom is -0.395 e. The molecule has 0 spiro atoms. The van der Waals surface area contributed by atoms with Gasteiger partial charge in [-0.3, -0.25) is 0 Å². The van der Waals surface area contributed by atoms with Gasteiger partial charge in [0.15, 0.2) is 5.65 Å². The summed E-state index contributed by atoms with van der Waals surface area (Å²) in [6, 6.07) is 22.3. The minimum absolute atomic E-state index is 0.0458. The molecule has 0 saturated heterocycles. The van der Waals surface area contributed by atoms with Gasteiger partial charge in [0.2, 0.25) is 0 Å². The van der Waals surface area contributed by atoms with E-state index < -0.39 is 0 Å². The second-order valence-electron chi connectivity index (χ2n) is 5.83. The molecule has 2 aromatic heterocycles. The van der Waals surface area contributed by atoms with E-state index in [-0.39, 0.29) is 6.61 Å². The Morgan fingerprint density at radius 2 is 1.62 bits per heavy atom. The maximum atomic E-state index is 8.95. The van der Waals surface area contributed by atoms with Crippen LogP contribution in [0.5, 0.6) is 0 Å². The molecule has 4 nitrogen and oxygen atoms in total. The minimum atomic E-state index is 0.0458. The van der Waals surface area contributed by atoms with Crippen LogP contribution in [0.15, 0.2) is 72.9 Å². The molecule has 0 aliphatic carbocycles. The lowest BCUT2D eigenvalue weighted by atomic mass is 10.1. The van der Waals surface area contributed by atoms with Crippen molar-refractivity contribution in [1.29, 1.82) is 0 Å². The Bertz CT molecular complexity index is 1090. The lowest BCUT2D eigenvalue weighted by Gasteiger charge is -2.09. The van der Waals surface area contributed by atoms with Crippen LogP contribution >= 0.6 is 0 Å². The summed E-state index contributed by atoms with van der Waals surface area (Å²) in [5, 5.41) is 13.5. The number of hydrogen-bond acceptors (Lipinski definition) is 3. The standard InChI is InChI=1S/C22H17N3O/c26-14-8-7-13-19-16-23-25-21(18-11-5-2-6-12-18)15-20(24-22(19)25)17-9-3-1-4-10-17/h1-6,9-12,15-16,26H,8,14H2. The second kappa shape index (κ2) is 7.22. The van der Waals surface area contributed by atoms with Gasteiger partial charge < -0.3 is 5.11 Å². The van der Waals surface area contributed by atoms with Crippen LogP contribution in [0, 0.1) is 11.8 Å². The van der Waals surface area contributed by atoms with Crippen LogP contribution in [0.25, 0.3) is 28.2 Å². The fourth-order valence-electron chi connectivity index (χ4n) is 2.84. The monoisotopic (exact) mass is 339 g/mol. The molecule has 0 aliphatic rings. The Balaban J connectivity index is 1.96. The van der Waals surface area contributed by atoms with Crippen LogP contribution in [0.1, 0.15) is 12.0 Å². The van der Waals surface area contributed by atoms with Gasteiger partial charge in [0.05, 0.1) is 29.8 Å². The van der Waals surface area contributed by atoms with Gasteiger partial charge in [0.1, 0.15) is 0 Å². The van der Waals surface area contributed by atoms with Crippen LogP contribution in [0.2, 0.25) is 0 Å². The molecule has 126 valence electrons. The zero-order valence-corrected chi connectivity index (χ0v) is 14.1. The van der Waals surface area contributed by atoms with Crippen molar-refractivity contribution in [3.63, 3.8) is 0 Å². The molecule has 0 aliphatic heterocycles. The summed E-state index contributed by atoms with van der Waals surface area (Å²) in [5.41, 5.74) is 5.43. The number of rotatable bonds is 3. The van der Waals surface area contributed by atoms with Crippen molar-refractivity contribution >= 4 is 5.65 Å². The van der Waals surface area contributed by atoms with Gasteiger partial charge >= 0.3 is 0 Å². The molecule has 2 heterocycles. The topological polar surface area (TPSA) is 50.4 Å². The van der Waals surface area contributed by atoms with E-state index in [1.54, 1.807) is 6.20 Å². The van der Waals surface area contributed by atoms with Crippen LogP contribution in [-0.4, -0.2) is 26.3 Å². The molecule has 2 aromatic carbocycles. The highest BCUT2D eigenvalue weighted by molar-refractivity contribution is 5.73. The van der Waals surface area contributed by atoms with Gasteiger partial charge in [-0.2, -0.15) is 5.10 Å². The quantitative estimate of drug-likeness (QED) is 0.578. The van der Waals surface area contributed by atoms with E-state index in [4.69, 9.17) is 10.1 Å². The number of fused-ring (bicyclic) bond motifs is 1. The maximum absolute atomic E-state index is 8.95. The number of aliphatic hydroxyl groups is 1. The predicted molar refractivity (Wildman–Crippen MR) is 102 cm³/mol. The van der Waals surface area contributed by atoms with Crippen molar-refractivity contribution < 1.29 is 5.11 Å². The van der Waals surface area contributed by atoms with Crippen molar-refractivity contribution in [2.24, 2.45) is 0 Å². The van der Waals surface area contributed by atoms with Gasteiger partial charge in [-0.25, -0.2) is 9.50 Å². The van der Waals surface area contributed by atoms with Crippen LogP contribution in [0.4, 0.5) is 0 Å². The first kappa shape index (κ1) is 16.1. The number of aliphatic hydroxyl groups excluding tert-OH is 1. The van der Waals surface area contributed by atoms with Crippen molar-refractivity contribution in [2.45, 2.75) is 6.42 Å². The molecule has 0 amide bonds. The third-order valence-corrected chi connectivity index (χ3v) is 4.07. The van der Waals surface area contributed by atoms with Crippen molar-refractivity contribution in [3.8, 4) is 34.4 Å². The summed E-state index contributed by atoms with van der Waals surface area (Å²) in [6.45, 7) is 0.0458. The molecule has 1 N–H and O–H groups in total. The van der Waals surface area contributed by atoms with Gasteiger partial charge in [-0.05, 0) is 6.07 Å². The van der Waals surface area contributed by atoms with E-state index >= 15 is 0 Å². The molecule has 0 radical (unpaired) electrons. The fraction of sp³-hybridized carbons (Fsp3) is 0.0909. The first-order valence-electron chi connectivity index (χ1n) is 8.46. The smallest absolute Gasteiger partial charge is 0.172 e. The summed E-state index contributed by atoms with van der Waals surface area (Å²) >= 11 is 0. The normalized spacial score (nSPS) is 10.5. The van der Waals surface area contributed by atoms with Crippen molar-refractivity contribution in [3.05, 3.63) is 78.5 Å². The van der Waals surface area contributed by atoms with Gasteiger partial charge in [0.25, 0.3) is 0 Å². The highest BCUT2D eigenvalue weighted by Gasteiger charge is 2.13. The van der Waals surface area contributed by atoms with E-state index in [1.807, 2.05) is 53.0 Å². The highest BCUT2D eigenvalue weighted by Crippen LogP contribution is 2.27. The van der Waals surface area contributed by atoms with Gasteiger partial charge in [-0.1, -0.05) is 72.5 Å². The molecule has 4 aromatic rings. The number of aromatic nitrogens is 3. The lowest BCUT2D eigenvalue weighted by molar-refractivity contribution is 0.305. The van der Waals surface area contributed by atoms with Crippen LogP contribution < -0.4 is 0 Å². The predicted octanol–water partition coefficient (Wildman–Crippen LogP) is 3.80. The molecule has 4 heteroatoms. The first-order valence-corrected chi connectivity index (χ1v) is 8.46. The SMILES string of the molecule is OCCC#Cc1cnn2c(-c3ccccc3)cc(-c3ccccc3)nc12. The molecular weight excluding hydrogens is 322 g/mol. The third kappa shape index (κ3) is 3.08. The summed E-state index contributed by atoms with van der Waals surface area (Å²) < 4.78 is 1.82. The number of hydrogen-bond donors (Lipinski definition) is 1. The van der Waals surface area contributed by atoms with Crippen LogP contribution in [-0.2, 0) is 0 Å². The first-order chi connectivity index (χ1) is 12.9. The fourth-order valence-corrected chi connectivity index (χ4v) is 2.84. The van der Waals surface area contributed by atoms with E-state index in [1.165, 1.54) is 0 Å². The zero-order valence-electron chi connectivity index (χ0n) is 14.1. The van der Waals surface area contributed by atoms with Gasteiger partial charge in [0, 0.05) is 17.5 Å². The molecule has 0 saturated carbocycles. The number of nitrogens with zero attached hydrogens (tertiary/aromatic N) is 3. The maximum Gasteiger partial charge on any atom is 0.172 e. The lowest BCUT2D eigenvalue weighted by Crippen LogP contribution is -1.98. The van der Waals surface area contributed by atoms with Crippen molar-refractivity contribution in [1.82, 2.24) is 14.6 Å². The Labute approximate surface area is 151 Å². The summed E-state index contributed by atoms with van der Waals surface area (Å²) in [7, 11) is 0. The molecular formula is C22H17N3O. The molecule has 26 heavy (non-hydrogen) atoms. The molecule has 0 bridgehead atoms. The Hall–Kier alpha value is -3.42. The summed E-state index contributed by atoms with van der Waals surface area (Å²) in [6.07, 6.45) is 2.16. The zero-order chi connectivity index (χ0) is 17.8. The third-order valence-electron chi connectivity index (χ3n) is 4.07. The van der Waals surface area contributed by atoms with Crippen LogP contribution in [0.3, 0.4) is 0 Å². The molecule has 4 rings (SSSR count). The average molecular weight is 339 g/mol. The van der Waals surface area contributed by atoms with Gasteiger partial charge in [-0.15, -0.1) is 0 Å². The molecule has 0 atom stereocenters. The van der Waals surface area contributed by atoms with Crippen molar-refractivity contribution in [2.75, 3.05) is 6.61 Å². The van der Waals surface area contributed by atoms with E-state index in [9.17, 15) is 0 Å². The second-order valence-corrected chi connectivity index (χ2v) is 5.83. The van der Waals surface area contributed by atoms with E-state index in [0.29, 0.717) is 6.42 Å². The number of benzene rings is 2. The average Bonchev–Trinajstić information content (AvgIpc) is 3.12. The molecule has 0 fully saturated rings. The van der Waals surface area contributed by atoms with E-state index in [0.717, 1.165) is 33.7 Å². The Morgan fingerprint density at radius 1 is 0.923 bits per heavy atom. The van der Waals surface area contributed by atoms with E-state index in [2.05, 4.69) is 35.1 Å². The Kier molecular flexibility index (Phi) is 4.46.